The molecule has 1 fully saturated rings. The van der Waals surface area contributed by atoms with Crippen molar-refractivity contribution in [3.8, 4) is 12.0 Å². The van der Waals surface area contributed by atoms with Crippen LogP contribution in [0.4, 0.5) is 10.5 Å². The van der Waals surface area contributed by atoms with Gasteiger partial charge in [0.1, 0.15) is 0 Å². The first kappa shape index (κ1) is 9.41. The van der Waals surface area contributed by atoms with E-state index < -0.39 is 0 Å². The fraction of sp³-hybridized carbons (Fsp3) is 0.182. The average molecular weight is 201 g/mol. The standard InChI is InChI=1S/C11H11N3O/c12-6-5-9-1-3-10(4-2-9)14-8-7-13-11(14)15/h1-4H,7-8,12H2,(H,13,15). The van der Waals surface area contributed by atoms with Gasteiger partial charge in [-0.2, -0.15) is 0 Å². The first-order valence-electron chi connectivity index (χ1n) is 4.68. The molecule has 15 heavy (non-hydrogen) atoms. The summed E-state index contributed by atoms with van der Waals surface area (Å²) in [5.74, 6) is 2.75. The molecule has 0 spiro atoms. The molecule has 76 valence electrons. The summed E-state index contributed by atoms with van der Waals surface area (Å²) < 4.78 is 0. The maximum Gasteiger partial charge on any atom is 0.321 e. The number of amides is 2. The Balaban J connectivity index is 2.22. The van der Waals surface area contributed by atoms with E-state index in [2.05, 4.69) is 17.3 Å². The third-order valence-electron chi connectivity index (χ3n) is 2.25. The van der Waals surface area contributed by atoms with Gasteiger partial charge in [0.25, 0.3) is 0 Å². The van der Waals surface area contributed by atoms with Crippen LogP contribution in [-0.2, 0) is 0 Å². The highest BCUT2D eigenvalue weighted by Crippen LogP contribution is 2.16. The van der Waals surface area contributed by atoms with Crippen LogP contribution in [-0.4, -0.2) is 19.1 Å². The summed E-state index contributed by atoms with van der Waals surface area (Å²) >= 11 is 0. The second-order valence-corrected chi connectivity index (χ2v) is 3.20. The van der Waals surface area contributed by atoms with Gasteiger partial charge in [-0.3, -0.25) is 4.90 Å². The number of rotatable bonds is 1. The van der Waals surface area contributed by atoms with E-state index in [1.807, 2.05) is 24.3 Å². The number of carbonyl (C=O) groups is 1. The third kappa shape index (κ3) is 1.86. The van der Waals surface area contributed by atoms with Gasteiger partial charge >= 0.3 is 6.03 Å². The Bertz CT molecular complexity index is 427. The SMILES string of the molecule is NC#Cc1ccc(N2CCNC2=O)cc1. The van der Waals surface area contributed by atoms with Crippen molar-refractivity contribution in [1.82, 2.24) is 5.32 Å². The highest BCUT2D eigenvalue weighted by atomic mass is 16.2. The zero-order valence-corrected chi connectivity index (χ0v) is 8.16. The molecule has 1 heterocycles. The lowest BCUT2D eigenvalue weighted by atomic mass is 10.2. The maximum absolute atomic E-state index is 11.4. The van der Waals surface area contributed by atoms with E-state index in [9.17, 15) is 4.79 Å². The van der Waals surface area contributed by atoms with E-state index >= 15 is 0 Å². The van der Waals surface area contributed by atoms with Crippen LogP contribution >= 0.6 is 0 Å². The summed E-state index contributed by atoms with van der Waals surface area (Å²) in [6.45, 7) is 1.41. The molecule has 2 rings (SSSR count). The van der Waals surface area contributed by atoms with Crippen LogP contribution in [0.25, 0.3) is 0 Å². The van der Waals surface area contributed by atoms with Crippen LogP contribution in [0.15, 0.2) is 24.3 Å². The molecular formula is C11H11N3O. The van der Waals surface area contributed by atoms with Crippen molar-refractivity contribution in [2.75, 3.05) is 18.0 Å². The molecule has 1 aromatic carbocycles. The van der Waals surface area contributed by atoms with E-state index in [-0.39, 0.29) is 6.03 Å². The minimum absolute atomic E-state index is 0.0485. The normalized spacial score (nSPS) is 14.4. The number of carbonyl (C=O) groups excluding carboxylic acids is 1. The minimum Gasteiger partial charge on any atom is -0.359 e. The highest BCUT2D eigenvalue weighted by Gasteiger charge is 2.20. The molecule has 0 unspecified atom stereocenters. The third-order valence-corrected chi connectivity index (χ3v) is 2.25. The van der Waals surface area contributed by atoms with Crippen molar-refractivity contribution in [3.05, 3.63) is 29.8 Å². The van der Waals surface area contributed by atoms with Gasteiger partial charge in [0.2, 0.25) is 0 Å². The Morgan fingerprint density at radius 3 is 2.60 bits per heavy atom. The molecule has 3 N–H and O–H groups in total. The number of benzene rings is 1. The van der Waals surface area contributed by atoms with Crippen molar-refractivity contribution in [2.24, 2.45) is 5.73 Å². The van der Waals surface area contributed by atoms with Gasteiger partial charge in [-0.25, -0.2) is 4.79 Å². The quantitative estimate of drug-likeness (QED) is 0.513. The Labute approximate surface area is 88.1 Å². The van der Waals surface area contributed by atoms with Gasteiger partial charge in [0.05, 0.1) is 0 Å². The first-order valence-corrected chi connectivity index (χ1v) is 4.68. The molecule has 0 radical (unpaired) electrons. The van der Waals surface area contributed by atoms with Gasteiger partial charge in [0, 0.05) is 30.4 Å². The lowest BCUT2D eigenvalue weighted by Crippen LogP contribution is -2.27. The maximum atomic E-state index is 11.4. The smallest absolute Gasteiger partial charge is 0.321 e. The molecule has 1 aliphatic heterocycles. The molecule has 4 heteroatoms. The fourth-order valence-electron chi connectivity index (χ4n) is 1.53. The second kappa shape index (κ2) is 3.93. The van der Waals surface area contributed by atoms with Crippen molar-refractivity contribution >= 4 is 11.7 Å². The molecule has 0 aromatic heterocycles. The van der Waals surface area contributed by atoms with Crippen LogP contribution in [0.5, 0.6) is 0 Å². The average Bonchev–Trinajstić information content (AvgIpc) is 2.66. The lowest BCUT2D eigenvalue weighted by molar-refractivity contribution is 0.252. The zero-order chi connectivity index (χ0) is 10.7. The van der Waals surface area contributed by atoms with Crippen molar-refractivity contribution in [3.63, 3.8) is 0 Å². The Kier molecular flexibility index (Phi) is 2.46. The number of nitrogens with two attached hydrogens (primary N) is 1. The van der Waals surface area contributed by atoms with E-state index in [0.717, 1.165) is 11.3 Å². The van der Waals surface area contributed by atoms with E-state index in [0.29, 0.717) is 13.1 Å². The number of anilines is 1. The van der Waals surface area contributed by atoms with Crippen LogP contribution in [0.3, 0.4) is 0 Å². The van der Waals surface area contributed by atoms with Crippen LogP contribution in [0.2, 0.25) is 0 Å². The number of hydrogen-bond donors (Lipinski definition) is 2. The van der Waals surface area contributed by atoms with Gasteiger partial charge in [-0.05, 0) is 30.2 Å². The number of urea groups is 1. The predicted octanol–water partition coefficient (Wildman–Crippen LogP) is 0.484. The molecule has 4 nitrogen and oxygen atoms in total. The molecule has 1 aliphatic rings. The predicted molar refractivity (Wildman–Crippen MR) is 58.3 cm³/mol. The number of hydrogen-bond acceptors (Lipinski definition) is 2. The summed E-state index contributed by atoms with van der Waals surface area (Å²) in [6.07, 6.45) is 0. The van der Waals surface area contributed by atoms with Gasteiger partial charge in [0.15, 0.2) is 0 Å². The van der Waals surface area contributed by atoms with Crippen molar-refractivity contribution in [1.29, 1.82) is 0 Å². The monoisotopic (exact) mass is 201 g/mol. The largest absolute Gasteiger partial charge is 0.359 e. The molecule has 0 saturated carbocycles. The van der Waals surface area contributed by atoms with Gasteiger partial charge < -0.3 is 11.1 Å². The molecule has 1 aromatic rings. The molecular weight excluding hydrogens is 190 g/mol. The van der Waals surface area contributed by atoms with Crippen LogP contribution in [0.1, 0.15) is 5.56 Å². The summed E-state index contributed by atoms with van der Waals surface area (Å²) in [6, 6.07) is 9.72. The zero-order valence-electron chi connectivity index (χ0n) is 8.16. The van der Waals surface area contributed by atoms with Crippen molar-refractivity contribution in [2.45, 2.75) is 0 Å². The summed E-state index contributed by atoms with van der Waals surface area (Å²) in [5, 5.41) is 2.75. The highest BCUT2D eigenvalue weighted by molar-refractivity contribution is 5.94. The summed E-state index contributed by atoms with van der Waals surface area (Å²) in [5.41, 5.74) is 6.84. The summed E-state index contributed by atoms with van der Waals surface area (Å²) in [4.78, 5) is 13.0. The Hall–Kier alpha value is -2.15. The minimum atomic E-state index is -0.0485. The molecule has 0 aliphatic carbocycles. The van der Waals surface area contributed by atoms with Crippen LogP contribution in [0, 0.1) is 12.0 Å². The van der Waals surface area contributed by atoms with E-state index in [1.54, 1.807) is 4.90 Å². The van der Waals surface area contributed by atoms with E-state index in [4.69, 9.17) is 5.73 Å². The number of nitrogens with zero attached hydrogens (tertiary/aromatic N) is 1. The fourth-order valence-corrected chi connectivity index (χ4v) is 1.53. The topological polar surface area (TPSA) is 58.4 Å². The molecule has 2 amide bonds. The molecule has 1 saturated heterocycles. The van der Waals surface area contributed by atoms with E-state index in [1.165, 1.54) is 0 Å². The summed E-state index contributed by atoms with van der Waals surface area (Å²) in [7, 11) is 0. The van der Waals surface area contributed by atoms with Gasteiger partial charge in [-0.15, -0.1) is 0 Å². The first-order chi connectivity index (χ1) is 7.31. The Morgan fingerprint density at radius 2 is 2.07 bits per heavy atom. The number of nitrogens with one attached hydrogen (secondary N) is 1. The van der Waals surface area contributed by atoms with Gasteiger partial charge in [-0.1, -0.05) is 0 Å². The second-order valence-electron chi connectivity index (χ2n) is 3.20. The molecule has 0 bridgehead atoms. The van der Waals surface area contributed by atoms with Crippen molar-refractivity contribution < 1.29 is 4.79 Å². The van der Waals surface area contributed by atoms with Crippen LogP contribution < -0.4 is 16.0 Å². The molecule has 0 atom stereocenters. The Morgan fingerprint density at radius 1 is 1.33 bits per heavy atom. The lowest BCUT2D eigenvalue weighted by Gasteiger charge is -2.13.